The summed E-state index contributed by atoms with van der Waals surface area (Å²) in [6, 6.07) is 12.1. The lowest BCUT2D eigenvalue weighted by Crippen LogP contribution is -2.55. The fourth-order valence-corrected chi connectivity index (χ4v) is 5.31. The van der Waals surface area contributed by atoms with Crippen LogP contribution in [-0.4, -0.2) is 78.5 Å². The molecule has 11 nitrogen and oxygen atoms in total. The maximum absolute atomic E-state index is 13.8. The van der Waals surface area contributed by atoms with Gasteiger partial charge in [0.05, 0.1) is 23.4 Å². The minimum absolute atomic E-state index is 0.0448. The van der Waals surface area contributed by atoms with E-state index in [1.54, 1.807) is 76.2 Å². The Labute approximate surface area is 257 Å². The predicted molar refractivity (Wildman–Crippen MR) is 162 cm³/mol. The number of unbranched alkanes of at least 4 members (excludes halogenated alkanes) is 3. The highest BCUT2D eigenvalue weighted by Gasteiger charge is 2.37. The second kappa shape index (κ2) is 14.5. The number of para-hydroxylation sites is 2. The zero-order valence-electron chi connectivity index (χ0n) is 25.8. The van der Waals surface area contributed by atoms with Crippen molar-refractivity contribution in [1.29, 1.82) is 0 Å². The van der Waals surface area contributed by atoms with E-state index in [1.165, 1.54) is 9.80 Å². The molecule has 44 heavy (non-hydrogen) atoms. The third kappa shape index (κ3) is 8.02. The molecular weight excluding hydrogens is 566 g/mol. The lowest BCUT2D eigenvalue weighted by Gasteiger charge is -2.28. The van der Waals surface area contributed by atoms with Gasteiger partial charge in [0, 0.05) is 6.54 Å². The minimum atomic E-state index is -0.923. The van der Waals surface area contributed by atoms with Crippen LogP contribution in [0.4, 0.5) is 5.69 Å². The van der Waals surface area contributed by atoms with Gasteiger partial charge in [0.25, 0.3) is 11.8 Å². The lowest BCUT2D eigenvalue weighted by atomic mass is 10.1. The maximum atomic E-state index is 13.8. The molecule has 3 amide bonds. The maximum Gasteiger partial charge on any atom is 0.326 e. The van der Waals surface area contributed by atoms with Crippen LogP contribution in [0.15, 0.2) is 48.5 Å². The predicted octanol–water partition coefficient (Wildman–Crippen LogP) is 3.89. The molecule has 2 aromatic rings. The van der Waals surface area contributed by atoms with Crippen LogP contribution >= 0.6 is 0 Å². The van der Waals surface area contributed by atoms with Crippen molar-refractivity contribution in [3.05, 3.63) is 59.7 Å². The highest BCUT2D eigenvalue weighted by Crippen LogP contribution is 2.31. The first-order valence-corrected chi connectivity index (χ1v) is 15.1. The average molecular weight is 608 g/mol. The number of carbonyl (C=O) groups excluding carboxylic acids is 5. The van der Waals surface area contributed by atoms with Crippen molar-refractivity contribution in [2.45, 2.75) is 77.5 Å². The fourth-order valence-electron chi connectivity index (χ4n) is 5.31. The number of ether oxygens (including phenoxy) is 3. The number of fused-ring (bicyclic) bond motifs is 2. The monoisotopic (exact) mass is 607 g/mol. The van der Waals surface area contributed by atoms with Gasteiger partial charge in [-0.05, 0) is 64.8 Å². The Bertz CT molecular complexity index is 1350. The molecule has 0 fully saturated rings. The largest absolute Gasteiger partial charge is 0.489 e. The molecule has 0 bridgehead atoms. The van der Waals surface area contributed by atoms with E-state index in [0.29, 0.717) is 48.4 Å². The summed E-state index contributed by atoms with van der Waals surface area (Å²) in [4.78, 5) is 67.2. The number of nitrogens with one attached hydrogen (secondary N) is 1. The lowest BCUT2D eigenvalue weighted by molar-refractivity contribution is -0.154. The van der Waals surface area contributed by atoms with Gasteiger partial charge in [-0.25, -0.2) is 0 Å². The first kappa shape index (κ1) is 32.7. The van der Waals surface area contributed by atoms with Gasteiger partial charge in [-0.1, -0.05) is 43.5 Å². The fraction of sp³-hybridized carbons (Fsp3) is 0.485. The molecule has 0 spiro atoms. The van der Waals surface area contributed by atoms with Crippen molar-refractivity contribution >= 4 is 35.3 Å². The van der Waals surface area contributed by atoms with E-state index < -0.39 is 35.5 Å². The number of nitrogens with zero attached hydrogens (tertiary/aromatic N) is 2. The number of anilines is 1. The van der Waals surface area contributed by atoms with Crippen molar-refractivity contribution in [1.82, 2.24) is 10.2 Å². The smallest absolute Gasteiger partial charge is 0.326 e. The minimum Gasteiger partial charge on any atom is -0.489 e. The van der Waals surface area contributed by atoms with E-state index >= 15 is 0 Å². The molecule has 11 heteroatoms. The van der Waals surface area contributed by atoms with Gasteiger partial charge < -0.3 is 14.2 Å². The summed E-state index contributed by atoms with van der Waals surface area (Å²) in [5.74, 6) is -1.56. The Balaban J connectivity index is 1.35. The molecule has 4 rings (SSSR count). The van der Waals surface area contributed by atoms with Crippen molar-refractivity contribution in [3.63, 3.8) is 0 Å². The standard InChI is InChI=1S/C33H41N3O8/c1-5-42-32(41)24(16-8-6-7-13-19-35-29(38)22-14-9-10-15-23(22)30(35)39)34-25-21-43-27-18-12-11-17-26(27)36(31(25)40)20-28(37)44-33(2,3)4/h9-12,14-15,17-18,24-25,34H,5-8,13,16,19-21H2,1-4H3/t24-,25?/m0/s1. The summed E-state index contributed by atoms with van der Waals surface area (Å²) in [5, 5.41) is 3.13. The van der Waals surface area contributed by atoms with Gasteiger partial charge in [0.2, 0.25) is 5.91 Å². The van der Waals surface area contributed by atoms with Crippen LogP contribution in [0.1, 0.15) is 80.5 Å². The van der Waals surface area contributed by atoms with E-state index in [4.69, 9.17) is 14.2 Å². The molecule has 0 aliphatic carbocycles. The van der Waals surface area contributed by atoms with Gasteiger partial charge in [-0.15, -0.1) is 0 Å². The molecule has 0 saturated carbocycles. The van der Waals surface area contributed by atoms with Crippen molar-refractivity contribution in [2.24, 2.45) is 0 Å². The number of amides is 3. The van der Waals surface area contributed by atoms with Gasteiger partial charge in [-0.2, -0.15) is 0 Å². The van der Waals surface area contributed by atoms with Crippen molar-refractivity contribution in [3.8, 4) is 5.75 Å². The molecule has 2 aliphatic heterocycles. The highest BCUT2D eigenvalue weighted by molar-refractivity contribution is 6.21. The van der Waals surface area contributed by atoms with E-state index in [2.05, 4.69) is 5.32 Å². The van der Waals surface area contributed by atoms with Crippen LogP contribution < -0.4 is 15.0 Å². The topological polar surface area (TPSA) is 132 Å². The summed E-state index contributed by atoms with van der Waals surface area (Å²) >= 11 is 0. The Morgan fingerprint density at radius 3 is 2.23 bits per heavy atom. The summed E-state index contributed by atoms with van der Waals surface area (Å²) in [6.07, 6.45) is 3.16. The molecule has 1 N–H and O–H groups in total. The molecule has 0 radical (unpaired) electrons. The number of hydrogen-bond acceptors (Lipinski definition) is 9. The van der Waals surface area contributed by atoms with Crippen LogP contribution in [0.5, 0.6) is 5.75 Å². The van der Waals surface area contributed by atoms with Crippen molar-refractivity contribution < 1.29 is 38.2 Å². The third-order valence-electron chi connectivity index (χ3n) is 7.31. The Morgan fingerprint density at radius 1 is 0.932 bits per heavy atom. The van der Waals surface area contributed by atoms with E-state index in [1.807, 2.05) is 0 Å². The quantitative estimate of drug-likeness (QED) is 0.205. The van der Waals surface area contributed by atoms with Crippen LogP contribution in [0.2, 0.25) is 0 Å². The second-order valence-corrected chi connectivity index (χ2v) is 11.8. The SMILES string of the molecule is CCOC(=O)[C@H](CCCCCCN1C(=O)c2ccccc2C1=O)NC1COc2ccccc2N(CC(=O)OC(C)(C)C)C1=O. The van der Waals surface area contributed by atoms with Gasteiger partial charge in [0.15, 0.2) is 0 Å². The first-order chi connectivity index (χ1) is 21.0. The van der Waals surface area contributed by atoms with E-state index in [-0.39, 0.29) is 31.6 Å². The molecular formula is C33H41N3O8. The number of rotatable bonds is 13. The van der Waals surface area contributed by atoms with Gasteiger partial charge in [0.1, 0.15) is 36.6 Å². The number of hydrogen-bond donors (Lipinski definition) is 1. The summed E-state index contributed by atoms with van der Waals surface area (Å²) in [7, 11) is 0. The molecule has 2 heterocycles. The van der Waals surface area contributed by atoms with Crippen LogP contribution in [0, 0.1) is 0 Å². The summed E-state index contributed by atoms with van der Waals surface area (Å²) in [5.41, 5.74) is 0.592. The molecule has 0 aromatic heterocycles. The van der Waals surface area contributed by atoms with Crippen LogP contribution in [0.25, 0.3) is 0 Å². The third-order valence-corrected chi connectivity index (χ3v) is 7.31. The number of carbonyl (C=O) groups is 5. The van der Waals surface area contributed by atoms with Crippen LogP contribution in [-0.2, 0) is 23.9 Å². The summed E-state index contributed by atoms with van der Waals surface area (Å²) in [6.45, 7) is 7.13. The molecule has 0 saturated heterocycles. The van der Waals surface area contributed by atoms with E-state index in [0.717, 1.165) is 12.8 Å². The summed E-state index contributed by atoms with van der Waals surface area (Å²) < 4.78 is 16.7. The van der Waals surface area contributed by atoms with Crippen LogP contribution in [0.3, 0.4) is 0 Å². The zero-order valence-corrected chi connectivity index (χ0v) is 25.8. The molecule has 2 aromatic carbocycles. The Morgan fingerprint density at radius 2 is 1.57 bits per heavy atom. The van der Waals surface area contributed by atoms with E-state index in [9.17, 15) is 24.0 Å². The Hall–Kier alpha value is -4.25. The van der Waals surface area contributed by atoms with Crippen molar-refractivity contribution in [2.75, 3.05) is 31.2 Å². The van der Waals surface area contributed by atoms with Gasteiger partial charge >= 0.3 is 11.9 Å². The zero-order chi connectivity index (χ0) is 31.9. The normalized spacial score (nSPS) is 17.0. The molecule has 2 aliphatic rings. The second-order valence-electron chi connectivity index (χ2n) is 11.8. The molecule has 2 atom stereocenters. The number of esters is 2. The number of benzene rings is 2. The number of imide groups is 1. The molecule has 1 unspecified atom stereocenters. The first-order valence-electron chi connectivity index (χ1n) is 15.1. The highest BCUT2D eigenvalue weighted by atomic mass is 16.6. The molecule has 236 valence electrons. The van der Waals surface area contributed by atoms with Gasteiger partial charge in [-0.3, -0.25) is 39.1 Å². The average Bonchev–Trinajstić information content (AvgIpc) is 3.14. The Kier molecular flexibility index (Phi) is 10.7.